The van der Waals surface area contributed by atoms with Crippen LogP contribution in [0.15, 0.2) is 0 Å². The highest BCUT2D eigenvalue weighted by atomic mass is 16.5. The zero-order chi connectivity index (χ0) is 12.1. The first kappa shape index (κ1) is 12.8. The molecule has 1 aliphatic heterocycles. The maximum Gasteiger partial charge on any atom is 0.250 e. The lowest BCUT2D eigenvalue weighted by Gasteiger charge is -2.30. The van der Waals surface area contributed by atoms with Crippen molar-refractivity contribution in [3.8, 4) is 0 Å². The van der Waals surface area contributed by atoms with E-state index in [1.807, 2.05) is 0 Å². The second-order valence-electron chi connectivity index (χ2n) is 5.26. The van der Waals surface area contributed by atoms with Gasteiger partial charge >= 0.3 is 0 Å². The second-order valence-corrected chi connectivity index (χ2v) is 5.26. The van der Waals surface area contributed by atoms with Crippen LogP contribution in [0.2, 0.25) is 0 Å². The maximum atomic E-state index is 12.0. The molecule has 1 saturated heterocycles. The third-order valence-electron chi connectivity index (χ3n) is 3.95. The fourth-order valence-corrected chi connectivity index (χ4v) is 2.80. The Morgan fingerprint density at radius 3 is 2.76 bits per heavy atom. The van der Waals surface area contributed by atoms with E-state index in [1.165, 1.54) is 32.1 Å². The zero-order valence-corrected chi connectivity index (χ0v) is 10.7. The first-order chi connectivity index (χ1) is 8.27. The van der Waals surface area contributed by atoms with E-state index >= 15 is 0 Å². The Hall–Kier alpha value is -0.610. The van der Waals surface area contributed by atoms with E-state index in [4.69, 9.17) is 4.74 Å². The van der Waals surface area contributed by atoms with E-state index in [-0.39, 0.29) is 18.1 Å². The fraction of sp³-hybridized carbons (Fsp3) is 0.923. The first-order valence-electron chi connectivity index (χ1n) is 6.90. The lowest BCUT2D eigenvalue weighted by molar-refractivity contribution is -0.135. The van der Waals surface area contributed by atoms with Crippen LogP contribution in [0.1, 0.15) is 39.0 Å². The van der Waals surface area contributed by atoms with Gasteiger partial charge in [-0.2, -0.15) is 0 Å². The molecule has 1 heterocycles. The number of hydrogen-bond acceptors (Lipinski definition) is 3. The smallest absolute Gasteiger partial charge is 0.250 e. The van der Waals surface area contributed by atoms with Crippen molar-refractivity contribution in [2.75, 3.05) is 19.7 Å². The molecule has 0 aromatic carbocycles. The molecular formula is C13H24N2O2. The van der Waals surface area contributed by atoms with Gasteiger partial charge in [0.05, 0.1) is 6.61 Å². The Morgan fingerprint density at radius 2 is 2.12 bits per heavy atom. The number of nitrogens with one attached hydrogen (secondary N) is 2. The van der Waals surface area contributed by atoms with E-state index in [9.17, 15) is 4.79 Å². The standard InChI is InChI=1S/C13H24N2O2/c1-10(11-5-3-2-4-6-11)15-13(16)12-9-14-7-8-17-12/h10-12,14H,2-9H2,1H3,(H,15,16)/t10-,12?/m1/s1. The summed E-state index contributed by atoms with van der Waals surface area (Å²) in [5.74, 6) is 0.708. The van der Waals surface area contributed by atoms with Crippen LogP contribution in [-0.2, 0) is 9.53 Å². The van der Waals surface area contributed by atoms with E-state index in [2.05, 4.69) is 17.6 Å². The van der Waals surface area contributed by atoms with Crippen LogP contribution in [0.3, 0.4) is 0 Å². The third-order valence-corrected chi connectivity index (χ3v) is 3.95. The normalized spacial score (nSPS) is 28.6. The van der Waals surface area contributed by atoms with Crippen LogP contribution < -0.4 is 10.6 Å². The highest BCUT2D eigenvalue weighted by molar-refractivity contribution is 5.81. The Bertz CT molecular complexity index is 246. The van der Waals surface area contributed by atoms with E-state index < -0.39 is 0 Å². The molecule has 2 fully saturated rings. The van der Waals surface area contributed by atoms with Crippen LogP contribution in [0.5, 0.6) is 0 Å². The number of rotatable bonds is 3. The number of morpholine rings is 1. The molecule has 2 aliphatic rings. The molecule has 17 heavy (non-hydrogen) atoms. The molecule has 0 aromatic heterocycles. The monoisotopic (exact) mass is 240 g/mol. The average Bonchev–Trinajstić information content (AvgIpc) is 2.40. The quantitative estimate of drug-likeness (QED) is 0.775. The van der Waals surface area contributed by atoms with Gasteiger partial charge in [0.2, 0.25) is 0 Å². The summed E-state index contributed by atoms with van der Waals surface area (Å²) in [4.78, 5) is 12.0. The van der Waals surface area contributed by atoms with E-state index in [1.54, 1.807) is 0 Å². The topological polar surface area (TPSA) is 50.4 Å². The van der Waals surface area contributed by atoms with Gasteiger partial charge in [-0.3, -0.25) is 4.79 Å². The number of ether oxygens (including phenoxy) is 1. The van der Waals surface area contributed by atoms with Crippen molar-refractivity contribution >= 4 is 5.91 Å². The molecule has 4 heteroatoms. The van der Waals surface area contributed by atoms with Gasteiger partial charge in [-0.15, -0.1) is 0 Å². The summed E-state index contributed by atoms with van der Waals surface area (Å²) < 4.78 is 5.45. The van der Waals surface area contributed by atoms with Gasteiger partial charge in [0, 0.05) is 19.1 Å². The molecule has 1 amide bonds. The van der Waals surface area contributed by atoms with Gasteiger partial charge in [-0.1, -0.05) is 19.3 Å². The minimum Gasteiger partial charge on any atom is -0.366 e. The summed E-state index contributed by atoms with van der Waals surface area (Å²) in [6.07, 6.45) is 6.19. The summed E-state index contributed by atoms with van der Waals surface area (Å²) in [5, 5.41) is 6.30. The molecule has 0 spiro atoms. The van der Waals surface area contributed by atoms with Crippen molar-refractivity contribution < 1.29 is 9.53 Å². The molecule has 1 unspecified atom stereocenters. The molecule has 0 aromatic rings. The molecule has 1 saturated carbocycles. The minimum atomic E-state index is -0.296. The fourth-order valence-electron chi connectivity index (χ4n) is 2.80. The second kappa shape index (κ2) is 6.36. The number of carbonyl (C=O) groups is 1. The average molecular weight is 240 g/mol. The molecule has 2 N–H and O–H groups in total. The van der Waals surface area contributed by atoms with Crippen molar-refractivity contribution in [2.45, 2.75) is 51.2 Å². The molecule has 98 valence electrons. The SMILES string of the molecule is C[C@@H](NC(=O)C1CNCCO1)C1CCCCC1. The van der Waals surface area contributed by atoms with Gasteiger partial charge in [0.15, 0.2) is 0 Å². The number of amides is 1. The van der Waals surface area contributed by atoms with Crippen LogP contribution in [-0.4, -0.2) is 37.7 Å². The van der Waals surface area contributed by atoms with Crippen molar-refractivity contribution in [1.29, 1.82) is 0 Å². The molecule has 2 atom stereocenters. The predicted molar refractivity (Wildman–Crippen MR) is 66.8 cm³/mol. The summed E-state index contributed by atoms with van der Waals surface area (Å²) in [7, 11) is 0. The lowest BCUT2D eigenvalue weighted by Crippen LogP contribution is -2.51. The van der Waals surface area contributed by atoms with E-state index in [0.717, 1.165) is 6.54 Å². The molecule has 1 aliphatic carbocycles. The summed E-state index contributed by atoms with van der Waals surface area (Å²) in [6, 6.07) is 0.285. The minimum absolute atomic E-state index is 0.0512. The van der Waals surface area contributed by atoms with Crippen LogP contribution in [0, 0.1) is 5.92 Å². The predicted octanol–water partition coefficient (Wildman–Crippen LogP) is 1.06. The molecule has 2 rings (SSSR count). The largest absolute Gasteiger partial charge is 0.366 e. The Labute approximate surface area is 103 Å². The number of hydrogen-bond donors (Lipinski definition) is 2. The zero-order valence-electron chi connectivity index (χ0n) is 10.7. The summed E-state index contributed by atoms with van der Waals surface area (Å²) >= 11 is 0. The van der Waals surface area contributed by atoms with Gasteiger partial charge in [-0.25, -0.2) is 0 Å². The third kappa shape index (κ3) is 3.68. The number of carbonyl (C=O) groups excluding carboxylic acids is 1. The van der Waals surface area contributed by atoms with Gasteiger partial charge in [0.1, 0.15) is 6.10 Å². The molecule has 0 bridgehead atoms. The lowest BCUT2D eigenvalue weighted by atomic mass is 9.84. The van der Waals surface area contributed by atoms with Gasteiger partial charge in [0.25, 0.3) is 5.91 Å². The van der Waals surface area contributed by atoms with Crippen molar-refractivity contribution in [1.82, 2.24) is 10.6 Å². The van der Waals surface area contributed by atoms with Crippen molar-refractivity contribution in [2.24, 2.45) is 5.92 Å². The van der Waals surface area contributed by atoms with Crippen LogP contribution >= 0.6 is 0 Å². The molecular weight excluding hydrogens is 216 g/mol. The maximum absolute atomic E-state index is 12.0. The summed E-state index contributed by atoms with van der Waals surface area (Å²) in [6.45, 7) is 4.26. The molecule has 4 nitrogen and oxygen atoms in total. The van der Waals surface area contributed by atoms with E-state index in [0.29, 0.717) is 19.1 Å². The molecule has 0 radical (unpaired) electrons. The highest BCUT2D eigenvalue weighted by Crippen LogP contribution is 2.26. The first-order valence-corrected chi connectivity index (χ1v) is 6.90. The Morgan fingerprint density at radius 1 is 1.35 bits per heavy atom. The van der Waals surface area contributed by atoms with Crippen LogP contribution in [0.4, 0.5) is 0 Å². The Balaban J connectivity index is 1.76. The summed E-state index contributed by atoms with van der Waals surface area (Å²) in [5.41, 5.74) is 0. The highest BCUT2D eigenvalue weighted by Gasteiger charge is 2.26. The van der Waals surface area contributed by atoms with Crippen LogP contribution in [0.25, 0.3) is 0 Å². The van der Waals surface area contributed by atoms with Crippen molar-refractivity contribution in [3.63, 3.8) is 0 Å². The Kier molecular flexibility index (Phi) is 4.80. The van der Waals surface area contributed by atoms with Gasteiger partial charge in [-0.05, 0) is 25.7 Å². The van der Waals surface area contributed by atoms with Crippen molar-refractivity contribution in [3.05, 3.63) is 0 Å². The van der Waals surface area contributed by atoms with Gasteiger partial charge < -0.3 is 15.4 Å².